The molecule has 6 heteroatoms. The third kappa shape index (κ3) is 3.31. The van der Waals surface area contributed by atoms with Gasteiger partial charge in [0.25, 0.3) is 0 Å². The van der Waals surface area contributed by atoms with Gasteiger partial charge in [-0.2, -0.15) is 0 Å². The van der Waals surface area contributed by atoms with Crippen LogP contribution in [-0.2, 0) is 6.54 Å². The molecule has 0 atom stereocenters. The Morgan fingerprint density at radius 1 is 1.33 bits per heavy atom. The second-order valence-electron chi connectivity index (χ2n) is 5.15. The van der Waals surface area contributed by atoms with Gasteiger partial charge in [-0.25, -0.2) is 4.98 Å². The van der Waals surface area contributed by atoms with E-state index in [0.29, 0.717) is 35.8 Å². The number of benzene rings is 1. The van der Waals surface area contributed by atoms with Gasteiger partial charge >= 0.3 is 0 Å². The Labute approximate surface area is 133 Å². The Kier molecular flexibility index (Phi) is 4.33. The fourth-order valence-corrected chi connectivity index (χ4v) is 3.18. The van der Waals surface area contributed by atoms with Crippen LogP contribution >= 0.6 is 22.9 Å². The van der Waals surface area contributed by atoms with Crippen molar-refractivity contribution in [2.75, 3.05) is 13.2 Å². The fraction of sp³-hybridized carbons (Fsp3) is 0.400. The van der Waals surface area contributed by atoms with Crippen LogP contribution in [0.2, 0.25) is 5.02 Å². The van der Waals surface area contributed by atoms with Crippen LogP contribution in [0.5, 0.6) is 11.5 Å². The lowest BCUT2D eigenvalue weighted by atomic mass is 10.2. The first-order valence-electron chi connectivity index (χ1n) is 6.91. The van der Waals surface area contributed by atoms with Crippen LogP contribution in [-0.4, -0.2) is 24.2 Å². The van der Waals surface area contributed by atoms with E-state index < -0.39 is 0 Å². The molecule has 2 heterocycles. The monoisotopic (exact) mass is 324 g/mol. The largest absolute Gasteiger partial charge is 0.486 e. The van der Waals surface area contributed by atoms with Gasteiger partial charge in [-0.3, -0.25) is 0 Å². The average Bonchev–Trinajstić information content (AvgIpc) is 2.94. The van der Waals surface area contributed by atoms with Gasteiger partial charge in [0.1, 0.15) is 18.2 Å². The van der Waals surface area contributed by atoms with Crippen molar-refractivity contribution in [2.24, 2.45) is 0 Å². The highest BCUT2D eigenvalue weighted by Crippen LogP contribution is 2.41. The Morgan fingerprint density at radius 2 is 2.14 bits per heavy atom. The molecule has 3 rings (SSSR count). The molecular formula is C15H17ClN2O2S. The zero-order chi connectivity index (χ0) is 14.8. The molecule has 0 bridgehead atoms. The van der Waals surface area contributed by atoms with E-state index in [1.54, 1.807) is 11.3 Å². The molecular weight excluding hydrogens is 308 g/mol. The maximum Gasteiger partial charge on any atom is 0.179 e. The van der Waals surface area contributed by atoms with E-state index in [1.807, 2.05) is 18.3 Å². The number of halogens is 1. The molecule has 0 saturated heterocycles. The van der Waals surface area contributed by atoms with Crippen LogP contribution in [0.25, 0.3) is 10.6 Å². The molecule has 112 valence electrons. The Hall–Kier alpha value is -1.30. The molecule has 21 heavy (non-hydrogen) atoms. The summed E-state index contributed by atoms with van der Waals surface area (Å²) >= 11 is 7.92. The van der Waals surface area contributed by atoms with Crippen molar-refractivity contribution in [3.05, 3.63) is 28.2 Å². The SMILES string of the molecule is CC(C)NCc1cnc(-c2cc(Cl)c3c(c2)OCCO3)s1. The lowest BCUT2D eigenvalue weighted by molar-refractivity contribution is 0.172. The van der Waals surface area contributed by atoms with Crippen LogP contribution in [0.4, 0.5) is 0 Å². The Bertz CT molecular complexity index is 643. The van der Waals surface area contributed by atoms with E-state index in [2.05, 4.69) is 24.1 Å². The highest BCUT2D eigenvalue weighted by molar-refractivity contribution is 7.15. The van der Waals surface area contributed by atoms with Gasteiger partial charge in [0.05, 0.1) is 5.02 Å². The maximum absolute atomic E-state index is 6.27. The minimum Gasteiger partial charge on any atom is -0.486 e. The van der Waals surface area contributed by atoms with Gasteiger partial charge in [-0.15, -0.1) is 11.3 Å². The maximum atomic E-state index is 6.27. The first-order chi connectivity index (χ1) is 10.1. The van der Waals surface area contributed by atoms with Crippen LogP contribution in [0.3, 0.4) is 0 Å². The van der Waals surface area contributed by atoms with Gasteiger partial charge in [-0.05, 0) is 12.1 Å². The summed E-state index contributed by atoms with van der Waals surface area (Å²) in [4.78, 5) is 5.68. The molecule has 0 spiro atoms. The fourth-order valence-electron chi connectivity index (χ4n) is 2.06. The van der Waals surface area contributed by atoms with Gasteiger partial charge in [0, 0.05) is 29.2 Å². The lowest BCUT2D eigenvalue weighted by Crippen LogP contribution is -2.21. The summed E-state index contributed by atoms with van der Waals surface area (Å²) in [6, 6.07) is 4.28. The zero-order valence-electron chi connectivity index (χ0n) is 12.0. The van der Waals surface area contributed by atoms with Crippen LogP contribution < -0.4 is 14.8 Å². The molecule has 1 aromatic heterocycles. The summed E-state index contributed by atoms with van der Waals surface area (Å²) in [5.74, 6) is 1.32. The van der Waals surface area contributed by atoms with Gasteiger partial charge < -0.3 is 14.8 Å². The van der Waals surface area contributed by atoms with Crippen molar-refractivity contribution in [3.8, 4) is 22.1 Å². The topological polar surface area (TPSA) is 43.4 Å². The number of hydrogen-bond acceptors (Lipinski definition) is 5. The number of nitrogens with zero attached hydrogens (tertiary/aromatic N) is 1. The van der Waals surface area contributed by atoms with Crippen molar-refractivity contribution >= 4 is 22.9 Å². The Morgan fingerprint density at radius 3 is 2.95 bits per heavy atom. The molecule has 0 amide bonds. The number of ether oxygens (including phenoxy) is 2. The van der Waals surface area contributed by atoms with Gasteiger partial charge in [0.15, 0.2) is 11.5 Å². The van der Waals surface area contributed by atoms with Crippen molar-refractivity contribution in [1.82, 2.24) is 10.3 Å². The molecule has 1 N–H and O–H groups in total. The summed E-state index contributed by atoms with van der Waals surface area (Å²) in [5, 5.41) is 4.90. The number of hydrogen-bond donors (Lipinski definition) is 1. The number of aromatic nitrogens is 1. The summed E-state index contributed by atoms with van der Waals surface area (Å²) in [6.45, 7) is 6.17. The molecule has 0 radical (unpaired) electrons. The molecule has 0 aliphatic carbocycles. The molecule has 0 unspecified atom stereocenters. The van der Waals surface area contributed by atoms with E-state index in [9.17, 15) is 0 Å². The second kappa shape index (κ2) is 6.22. The van der Waals surface area contributed by atoms with Crippen molar-refractivity contribution in [2.45, 2.75) is 26.4 Å². The third-order valence-corrected chi connectivity index (χ3v) is 4.41. The summed E-state index contributed by atoms with van der Waals surface area (Å²) < 4.78 is 11.1. The minimum absolute atomic E-state index is 0.458. The number of thiazole rings is 1. The minimum atomic E-state index is 0.458. The molecule has 0 saturated carbocycles. The standard InChI is InChI=1S/C15H17ClN2O2S/c1-9(2)17-7-11-8-18-15(21-11)10-5-12(16)14-13(6-10)19-3-4-20-14/h5-6,8-9,17H,3-4,7H2,1-2H3. The van der Waals surface area contributed by atoms with E-state index in [4.69, 9.17) is 21.1 Å². The number of nitrogens with one attached hydrogen (secondary N) is 1. The predicted molar refractivity (Wildman–Crippen MR) is 85.5 cm³/mol. The summed E-state index contributed by atoms with van der Waals surface area (Å²) in [6.07, 6.45) is 1.90. The van der Waals surface area contributed by atoms with Crippen molar-refractivity contribution in [1.29, 1.82) is 0 Å². The van der Waals surface area contributed by atoms with E-state index in [0.717, 1.165) is 17.1 Å². The number of rotatable bonds is 4. The summed E-state index contributed by atoms with van der Waals surface area (Å²) in [7, 11) is 0. The molecule has 1 aromatic carbocycles. The average molecular weight is 325 g/mol. The van der Waals surface area contributed by atoms with Crippen LogP contribution in [0, 0.1) is 0 Å². The van der Waals surface area contributed by atoms with Crippen molar-refractivity contribution in [3.63, 3.8) is 0 Å². The smallest absolute Gasteiger partial charge is 0.179 e. The molecule has 4 nitrogen and oxygen atoms in total. The highest BCUT2D eigenvalue weighted by Gasteiger charge is 2.18. The molecule has 1 aliphatic heterocycles. The highest BCUT2D eigenvalue weighted by atomic mass is 35.5. The normalized spacial score (nSPS) is 13.7. The predicted octanol–water partition coefficient (Wildman–Crippen LogP) is 3.73. The lowest BCUT2D eigenvalue weighted by Gasteiger charge is -2.19. The van der Waals surface area contributed by atoms with E-state index in [-0.39, 0.29) is 0 Å². The first-order valence-corrected chi connectivity index (χ1v) is 8.10. The van der Waals surface area contributed by atoms with Crippen molar-refractivity contribution < 1.29 is 9.47 Å². The van der Waals surface area contributed by atoms with Crippen LogP contribution in [0.15, 0.2) is 18.3 Å². The third-order valence-electron chi connectivity index (χ3n) is 3.08. The quantitative estimate of drug-likeness (QED) is 0.930. The second-order valence-corrected chi connectivity index (χ2v) is 6.67. The first kappa shape index (κ1) is 14.6. The molecule has 1 aliphatic rings. The van der Waals surface area contributed by atoms with Gasteiger partial charge in [-0.1, -0.05) is 25.4 Å². The Balaban J connectivity index is 1.85. The number of fused-ring (bicyclic) bond motifs is 1. The van der Waals surface area contributed by atoms with Crippen LogP contribution in [0.1, 0.15) is 18.7 Å². The zero-order valence-corrected chi connectivity index (χ0v) is 13.6. The van der Waals surface area contributed by atoms with Gasteiger partial charge in [0.2, 0.25) is 0 Å². The summed E-state index contributed by atoms with van der Waals surface area (Å²) in [5.41, 5.74) is 0.963. The molecule has 0 fully saturated rings. The van der Waals surface area contributed by atoms with E-state index in [1.165, 1.54) is 4.88 Å². The van der Waals surface area contributed by atoms with E-state index >= 15 is 0 Å². The molecule has 2 aromatic rings.